The van der Waals surface area contributed by atoms with E-state index in [4.69, 9.17) is 5.84 Å². The molecule has 2 heteroatoms. The van der Waals surface area contributed by atoms with Gasteiger partial charge in [-0.05, 0) is 19.8 Å². The largest absolute Gasteiger partial charge is 0.271 e. The molecule has 0 aliphatic rings. The van der Waals surface area contributed by atoms with Gasteiger partial charge in [0.15, 0.2) is 0 Å². The van der Waals surface area contributed by atoms with Crippen LogP contribution in [0.25, 0.3) is 0 Å². The Morgan fingerprint density at radius 3 is 2.20 bits per heavy atom. The lowest BCUT2D eigenvalue weighted by Gasteiger charge is -2.11. The van der Waals surface area contributed by atoms with Gasteiger partial charge in [0, 0.05) is 6.04 Å². The quantitative estimate of drug-likeness (QED) is 0.355. The highest BCUT2D eigenvalue weighted by atomic mass is 15.2. The van der Waals surface area contributed by atoms with Crippen molar-refractivity contribution >= 4 is 0 Å². The molecule has 0 radical (unpaired) electrons. The molecular formula is C8H18N2. The fourth-order valence-corrected chi connectivity index (χ4v) is 0.802. The normalized spacial score (nSPS) is 16.0. The number of hydrogen-bond donors (Lipinski definition) is 2. The standard InChI is InChI=1S/C8H18N2/c1-6(2)5-7(3)8(4)10-9/h5-6,8,10H,9H2,1-4H3/b7-5-. The zero-order valence-electron chi connectivity index (χ0n) is 7.31. The summed E-state index contributed by atoms with van der Waals surface area (Å²) in [5.41, 5.74) is 4.01. The maximum atomic E-state index is 5.26. The van der Waals surface area contributed by atoms with Crippen molar-refractivity contribution < 1.29 is 0 Å². The topological polar surface area (TPSA) is 38.0 Å². The first kappa shape index (κ1) is 9.66. The first-order valence-corrected chi connectivity index (χ1v) is 3.72. The Labute approximate surface area is 63.5 Å². The first-order valence-electron chi connectivity index (χ1n) is 3.72. The van der Waals surface area contributed by atoms with Crippen LogP contribution in [0.2, 0.25) is 0 Å². The summed E-state index contributed by atoms with van der Waals surface area (Å²) < 4.78 is 0. The van der Waals surface area contributed by atoms with Crippen LogP contribution in [0.15, 0.2) is 11.6 Å². The van der Waals surface area contributed by atoms with Gasteiger partial charge in [-0.3, -0.25) is 11.3 Å². The molecule has 0 spiro atoms. The molecule has 0 aliphatic carbocycles. The van der Waals surface area contributed by atoms with Gasteiger partial charge >= 0.3 is 0 Å². The fraction of sp³-hybridized carbons (Fsp3) is 0.750. The van der Waals surface area contributed by atoms with E-state index in [1.807, 2.05) is 6.92 Å². The van der Waals surface area contributed by atoms with Crippen molar-refractivity contribution in [2.75, 3.05) is 0 Å². The van der Waals surface area contributed by atoms with E-state index in [0.29, 0.717) is 12.0 Å². The molecular weight excluding hydrogens is 124 g/mol. The number of rotatable bonds is 3. The van der Waals surface area contributed by atoms with Crippen molar-refractivity contribution in [1.82, 2.24) is 5.43 Å². The van der Waals surface area contributed by atoms with Gasteiger partial charge in [-0.1, -0.05) is 25.5 Å². The highest BCUT2D eigenvalue weighted by Gasteiger charge is 1.99. The molecule has 0 aromatic rings. The van der Waals surface area contributed by atoms with Crippen LogP contribution in [0.1, 0.15) is 27.7 Å². The second-order valence-corrected chi connectivity index (χ2v) is 3.04. The van der Waals surface area contributed by atoms with Crippen LogP contribution in [0.5, 0.6) is 0 Å². The first-order chi connectivity index (χ1) is 4.57. The Morgan fingerprint density at radius 1 is 1.40 bits per heavy atom. The molecule has 1 atom stereocenters. The molecule has 60 valence electrons. The average molecular weight is 142 g/mol. The third kappa shape index (κ3) is 3.64. The highest BCUT2D eigenvalue weighted by molar-refractivity contribution is 5.06. The lowest BCUT2D eigenvalue weighted by molar-refractivity contribution is 0.630. The Balaban J connectivity index is 3.91. The molecule has 0 saturated carbocycles. The Morgan fingerprint density at radius 2 is 1.90 bits per heavy atom. The van der Waals surface area contributed by atoms with E-state index in [2.05, 4.69) is 32.3 Å². The molecule has 10 heavy (non-hydrogen) atoms. The lowest BCUT2D eigenvalue weighted by atomic mass is 10.1. The maximum Gasteiger partial charge on any atom is 0.0388 e. The monoisotopic (exact) mass is 142 g/mol. The fourth-order valence-electron chi connectivity index (χ4n) is 0.802. The van der Waals surface area contributed by atoms with Crippen LogP contribution < -0.4 is 11.3 Å². The Kier molecular flexibility index (Phi) is 4.32. The number of hydrogen-bond acceptors (Lipinski definition) is 2. The van der Waals surface area contributed by atoms with E-state index in [1.165, 1.54) is 5.57 Å². The minimum absolute atomic E-state index is 0.294. The van der Waals surface area contributed by atoms with Crippen molar-refractivity contribution in [2.24, 2.45) is 11.8 Å². The smallest absolute Gasteiger partial charge is 0.0388 e. The maximum absolute atomic E-state index is 5.26. The van der Waals surface area contributed by atoms with Crippen molar-refractivity contribution in [3.63, 3.8) is 0 Å². The summed E-state index contributed by atoms with van der Waals surface area (Å²) >= 11 is 0. The average Bonchev–Trinajstić information content (AvgIpc) is 1.85. The molecule has 0 amide bonds. The predicted molar refractivity (Wildman–Crippen MR) is 45.4 cm³/mol. The van der Waals surface area contributed by atoms with E-state index < -0.39 is 0 Å². The van der Waals surface area contributed by atoms with E-state index in [-0.39, 0.29) is 0 Å². The Bertz CT molecular complexity index is 116. The predicted octanol–water partition coefficient (Wildman–Crippen LogP) is 1.44. The number of hydrazine groups is 1. The van der Waals surface area contributed by atoms with Crippen LogP contribution in [-0.4, -0.2) is 6.04 Å². The van der Waals surface area contributed by atoms with Crippen molar-refractivity contribution in [1.29, 1.82) is 0 Å². The van der Waals surface area contributed by atoms with E-state index in [9.17, 15) is 0 Å². The lowest BCUT2D eigenvalue weighted by Crippen LogP contribution is -2.33. The van der Waals surface area contributed by atoms with Gasteiger partial charge in [-0.25, -0.2) is 0 Å². The zero-order valence-corrected chi connectivity index (χ0v) is 7.31. The van der Waals surface area contributed by atoms with Gasteiger partial charge in [0.2, 0.25) is 0 Å². The number of nitrogens with two attached hydrogens (primary N) is 1. The van der Waals surface area contributed by atoms with E-state index in [1.54, 1.807) is 0 Å². The zero-order chi connectivity index (χ0) is 8.15. The Hall–Kier alpha value is -0.340. The molecule has 0 aromatic heterocycles. The molecule has 1 unspecified atom stereocenters. The number of nitrogens with one attached hydrogen (secondary N) is 1. The summed E-state index contributed by atoms with van der Waals surface area (Å²) in [6.45, 7) is 8.46. The molecule has 0 heterocycles. The summed E-state index contributed by atoms with van der Waals surface area (Å²) in [7, 11) is 0. The summed E-state index contributed by atoms with van der Waals surface area (Å²) in [5.74, 6) is 5.87. The minimum atomic E-state index is 0.294. The molecule has 3 N–H and O–H groups in total. The van der Waals surface area contributed by atoms with Gasteiger partial charge in [-0.15, -0.1) is 0 Å². The van der Waals surface area contributed by atoms with Gasteiger partial charge in [-0.2, -0.15) is 0 Å². The van der Waals surface area contributed by atoms with Crippen LogP contribution >= 0.6 is 0 Å². The van der Waals surface area contributed by atoms with Gasteiger partial charge in [0.1, 0.15) is 0 Å². The second kappa shape index (κ2) is 4.47. The van der Waals surface area contributed by atoms with Crippen LogP contribution in [0, 0.1) is 5.92 Å². The highest BCUT2D eigenvalue weighted by Crippen LogP contribution is 2.04. The summed E-state index contributed by atoms with van der Waals surface area (Å²) in [6.07, 6.45) is 2.21. The van der Waals surface area contributed by atoms with Crippen LogP contribution in [-0.2, 0) is 0 Å². The summed E-state index contributed by atoms with van der Waals surface area (Å²) in [5, 5.41) is 0. The molecule has 0 aromatic carbocycles. The third-order valence-electron chi connectivity index (χ3n) is 1.53. The molecule has 2 nitrogen and oxygen atoms in total. The molecule has 0 fully saturated rings. The molecule has 0 aliphatic heterocycles. The third-order valence-corrected chi connectivity index (χ3v) is 1.53. The van der Waals surface area contributed by atoms with Crippen LogP contribution in [0.4, 0.5) is 0 Å². The molecule has 0 rings (SSSR count). The second-order valence-electron chi connectivity index (χ2n) is 3.04. The SMILES string of the molecule is C/C(=C/C(C)C)C(C)NN. The van der Waals surface area contributed by atoms with E-state index >= 15 is 0 Å². The van der Waals surface area contributed by atoms with Crippen LogP contribution in [0.3, 0.4) is 0 Å². The van der Waals surface area contributed by atoms with Gasteiger partial charge in [0.05, 0.1) is 0 Å². The van der Waals surface area contributed by atoms with E-state index in [0.717, 1.165) is 0 Å². The van der Waals surface area contributed by atoms with Gasteiger partial charge in [0.25, 0.3) is 0 Å². The molecule has 0 saturated heterocycles. The summed E-state index contributed by atoms with van der Waals surface area (Å²) in [4.78, 5) is 0. The number of allylic oxidation sites excluding steroid dienone is 1. The van der Waals surface area contributed by atoms with Crippen molar-refractivity contribution in [2.45, 2.75) is 33.7 Å². The molecule has 0 bridgehead atoms. The van der Waals surface area contributed by atoms with Crippen molar-refractivity contribution in [3.8, 4) is 0 Å². The minimum Gasteiger partial charge on any atom is -0.271 e. The van der Waals surface area contributed by atoms with Gasteiger partial charge < -0.3 is 0 Å². The summed E-state index contributed by atoms with van der Waals surface area (Å²) in [6, 6.07) is 0.294. The van der Waals surface area contributed by atoms with Crippen molar-refractivity contribution in [3.05, 3.63) is 11.6 Å².